The zero-order valence-electron chi connectivity index (χ0n) is 13.3. The molecule has 0 aliphatic rings. The molecule has 0 saturated heterocycles. The molecule has 2 nitrogen and oxygen atoms in total. The Balaban J connectivity index is 2.32. The average molecular weight is 266 g/mol. The van der Waals surface area contributed by atoms with Crippen molar-refractivity contribution in [3.63, 3.8) is 0 Å². The van der Waals surface area contributed by atoms with E-state index >= 15 is 0 Å². The fourth-order valence-corrected chi connectivity index (χ4v) is 2.27. The van der Waals surface area contributed by atoms with Gasteiger partial charge in [0.05, 0.1) is 0 Å². The molecule has 2 heteroatoms. The second kappa shape index (κ2) is 7.74. The first-order valence-corrected chi connectivity index (χ1v) is 7.56. The molecular weight excluding hydrogens is 236 g/mol. The Morgan fingerprint density at radius 2 is 1.89 bits per heavy atom. The third kappa shape index (κ3) is 7.41. The molecule has 0 aliphatic carbocycles. The van der Waals surface area contributed by atoms with Crippen LogP contribution in [0.3, 0.4) is 0 Å². The first-order chi connectivity index (χ1) is 8.90. The highest BCUT2D eigenvalue weighted by Gasteiger charge is 2.15. The van der Waals surface area contributed by atoms with Gasteiger partial charge in [0.2, 0.25) is 0 Å². The molecule has 0 aliphatic heterocycles. The summed E-state index contributed by atoms with van der Waals surface area (Å²) in [6.07, 6.45) is 4.39. The van der Waals surface area contributed by atoms with Gasteiger partial charge in [-0.2, -0.15) is 0 Å². The quantitative estimate of drug-likeness (QED) is 0.627. The third-order valence-corrected chi connectivity index (χ3v) is 3.16. The molecule has 1 rings (SSSR count). The van der Waals surface area contributed by atoms with E-state index in [2.05, 4.69) is 39.8 Å². The summed E-state index contributed by atoms with van der Waals surface area (Å²) in [4.78, 5) is 0. The van der Waals surface area contributed by atoms with Crippen LogP contribution >= 0.6 is 0 Å². The molecule has 0 amide bonds. The summed E-state index contributed by atoms with van der Waals surface area (Å²) in [6, 6.07) is 4.27. The molecule has 0 N–H and O–H groups in total. The molecule has 0 saturated carbocycles. The van der Waals surface area contributed by atoms with E-state index in [1.165, 1.54) is 6.42 Å². The Kier molecular flexibility index (Phi) is 6.64. The van der Waals surface area contributed by atoms with Gasteiger partial charge in [-0.3, -0.25) is 0 Å². The van der Waals surface area contributed by atoms with E-state index in [4.69, 9.17) is 9.15 Å². The zero-order valence-corrected chi connectivity index (χ0v) is 13.3. The van der Waals surface area contributed by atoms with Crippen LogP contribution in [0.2, 0.25) is 0 Å². The van der Waals surface area contributed by atoms with Crippen LogP contribution in [0.5, 0.6) is 0 Å². The summed E-state index contributed by atoms with van der Waals surface area (Å²) in [7, 11) is 0. The van der Waals surface area contributed by atoms with Crippen molar-refractivity contribution >= 4 is 0 Å². The van der Waals surface area contributed by atoms with Crippen molar-refractivity contribution in [2.45, 2.75) is 60.3 Å². The van der Waals surface area contributed by atoms with E-state index in [-0.39, 0.29) is 5.41 Å². The van der Waals surface area contributed by atoms with Crippen molar-refractivity contribution in [1.82, 2.24) is 0 Å². The second-order valence-electron chi connectivity index (χ2n) is 6.75. The lowest BCUT2D eigenvalue weighted by Crippen LogP contribution is -2.08. The average Bonchev–Trinajstić information content (AvgIpc) is 2.69. The lowest BCUT2D eigenvalue weighted by Gasteiger charge is -2.15. The van der Waals surface area contributed by atoms with Gasteiger partial charge in [-0.25, -0.2) is 0 Å². The molecule has 19 heavy (non-hydrogen) atoms. The Hall–Kier alpha value is -0.760. The largest absolute Gasteiger partial charge is 0.466 e. The maximum Gasteiger partial charge on any atom is 0.104 e. The highest BCUT2D eigenvalue weighted by Crippen LogP contribution is 2.23. The van der Waals surface area contributed by atoms with Gasteiger partial charge in [0, 0.05) is 26.1 Å². The smallest absolute Gasteiger partial charge is 0.104 e. The number of hydrogen-bond donors (Lipinski definition) is 0. The minimum absolute atomic E-state index is 0.290. The van der Waals surface area contributed by atoms with Gasteiger partial charge in [-0.05, 0) is 43.2 Å². The van der Waals surface area contributed by atoms with Crippen LogP contribution in [0.15, 0.2) is 16.5 Å². The summed E-state index contributed by atoms with van der Waals surface area (Å²) >= 11 is 0. The van der Waals surface area contributed by atoms with Crippen molar-refractivity contribution in [3.05, 3.63) is 23.7 Å². The van der Waals surface area contributed by atoms with Crippen LogP contribution in [0.1, 0.15) is 59.0 Å². The molecule has 1 atom stereocenters. The van der Waals surface area contributed by atoms with Crippen molar-refractivity contribution in [2.24, 2.45) is 11.3 Å². The summed E-state index contributed by atoms with van der Waals surface area (Å²) < 4.78 is 11.3. The topological polar surface area (TPSA) is 22.4 Å². The number of rotatable bonds is 8. The number of hydrogen-bond acceptors (Lipinski definition) is 2. The molecule has 0 fully saturated rings. The molecule has 0 bridgehead atoms. The van der Waals surface area contributed by atoms with Crippen LogP contribution in [0.25, 0.3) is 0 Å². The molecule has 0 aromatic carbocycles. The Bertz CT molecular complexity index is 346. The van der Waals surface area contributed by atoms with Gasteiger partial charge in [-0.15, -0.1) is 0 Å². The van der Waals surface area contributed by atoms with Gasteiger partial charge in [0.15, 0.2) is 0 Å². The van der Waals surface area contributed by atoms with E-state index in [0.717, 1.165) is 44.0 Å². The first kappa shape index (κ1) is 16.3. The minimum atomic E-state index is 0.290. The molecule has 1 aromatic rings. The molecule has 0 radical (unpaired) electrons. The summed E-state index contributed by atoms with van der Waals surface area (Å²) in [6.45, 7) is 12.8. The van der Waals surface area contributed by atoms with Crippen LogP contribution in [-0.2, 0) is 17.6 Å². The first-order valence-electron chi connectivity index (χ1n) is 7.56. The van der Waals surface area contributed by atoms with Crippen molar-refractivity contribution < 1.29 is 9.15 Å². The van der Waals surface area contributed by atoms with E-state index in [1.54, 1.807) is 0 Å². The third-order valence-electron chi connectivity index (χ3n) is 3.16. The lowest BCUT2D eigenvalue weighted by atomic mass is 9.91. The van der Waals surface area contributed by atoms with Crippen molar-refractivity contribution in [3.8, 4) is 0 Å². The lowest BCUT2D eigenvalue weighted by molar-refractivity contribution is 0.139. The van der Waals surface area contributed by atoms with Gasteiger partial charge in [0.1, 0.15) is 11.5 Å². The SMILES string of the molecule is CCOCCCC(C)Cc1ccc(CC(C)(C)C)o1. The molecule has 0 spiro atoms. The van der Waals surface area contributed by atoms with Crippen LogP contribution in [0.4, 0.5) is 0 Å². The van der Waals surface area contributed by atoms with Crippen molar-refractivity contribution in [1.29, 1.82) is 0 Å². The normalized spacial score (nSPS) is 13.7. The Morgan fingerprint density at radius 3 is 2.53 bits per heavy atom. The van der Waals surface area contributed by atoms with Crippen LogP contribution in [0, 0.1) is 11.3 Å². The maximum absolute atomic E-state index is 5.93. The van der Waals surface area contributed by atoms with Gasteiger partial charge < -0.3 is 9.15 Å². The predicted octanol–water partition coefficient (Wildman–Crippen LogP) is 4.86. The highest BCUT2D eigenvalue weighted by molar-refractivity contribution is 5.09. The fraction of sp³-hybridized carbons (Fsp3) is 0.765. The highest BCUT2D eigenvalue weighted by atomic mass is 16.5. The fourth-order valence-electron chi connectivity index (χ4n) is 2.27. The van der Waals surface area contributed by atoms with E-state index in [1.807, 2.05) is 6.92 Å². The summed E-state index contributed by atoms with van der Waals surface area (Å²) in [5, 5.41) is 0. The molecule has 1 aromatic heterocycles. The zero-order chi connectivity index (χ0) is 14.3. The minimum Gasteiger partial charge on any atom is -0.466 e. The van der Waals surface area contributed by atoms with E-state index in [0.29, 0.717) is 5.92 Å². The Morgan fingerprint density at radius 1 is 1.21 bits per heavy atom. The Labute approximate surface area is 118 Å². The van der Waals surface area contributed by atoms with E-state index < -0.39 is 0 Å². The van der Waals surface area contributed by atoms with Crippen LogP contribution in [-0.4, -0.2) is 13.2 Å². The summed E-state index contributed by atoms with van der Waals surface area (Å²) in [5.41, 5.74) is 0.290. The van der Waals surface area contributed by atoms with Gasteiger partial charge in [-0.1, -0.05) is 27.7 Å². The van der Waals surface area contributed by atoms with Crippen molar-refractivity contribution in [2.75, 3.05) is 13.2 Å². The summed E-state index contributed by atoms with van der Waals surface area (Å²) in [5.74, 6) is 2.90. The molecular formula is C17H30O2. The predicted molar refractivity (Wildman–Crippen MR) is 80.5 cm³/mol. The standard InChI is InChI=1S/C17H30O2/c1-6-18-11-7-8-14(2)12-15-9-10-16(19-15)13-17(3,4)5/h9-10,14H,6-8,11-13H2,1-5H3. The monoisotopic (exact) mass is 266 g/mol. The van der Waals surface area contributed by atoms with Gasteiger partial charge in [0.25, 0.3) is 0 Å². The maximum atomic E-state index is 5.93. The molecule has 1 heterocycles. The molecule has 1 unspecified atom stereocenters. The van der Waals surface area contributed by atoms with Gasteiger partial charge >= 0.3 is 0 Å². The molecule has 110 valence electrons. The van der Waals surface area contributed by atoms with Crippen LogP contribution < -0.4 is 0 Å². The number of ether oxygens (including phenoxy) is 1. The number of furan rings is 1. The second-order valence-corrected chi connectivity index (χ2v) is 6.75. The van der Waals surface area contributed by atoms with E-state index in [9.17, 15) is 0 Å².